The third-order valence-electron chi connectivity index (χ3n) is 2.98. The molecule has 0 fully saturated rings. The Hall–Kier alpha value is -2.82. The Labute approximate surface area is 148 Å². The van der Waals surface area contributed by atoms with Gasteiger partial charge in [0, 0.05) is 31.9 Å². The van der Waals surface area contributed by atoms with Crippen LogP contribution in [0.15, 0.2) is 18.2 Å². The fraction of sp³-hybridized carbons (Fsp3) is 0.267. The van der Waals surface area contributed by atoms with Crippen molar-refractivity contribution in [3.63, 3.8) is 0 Å². The van der Waals surface area contributed by atoms with E-state index in [0.29, 0.717) is 23.8 Å². The Morgan fingerprint density at radius 3 is 2.38 bits per heavy atom. The van der Waals surface area contributed by atoms with Gasteiger partial charge in [0.25, 0.3) is 5.91 Å². The molecule has 8 nitrogen and oxygen atoms in total. The lowest BCUT2D eigenvalue weighted by Crippen LogP contribution is -2.30. The molecule has 1 aromatic carbocycles. The highest BCUT2D eigenvalue weighted by Gasteiger charge is 2.20. The number of carbonyl (C=O) groups excluding carboxylic acids is 1. The maximum atomic E-state index is 14.2. The lowest BCUT2D eigenvalue weighted by Gasteiger charge is -2.13. The highest BCUT2D eigenvalue weighted by molar-refractivity contribution is 7.89. The zero-order valence-corrected chi connectivity index (χ0v) is 15.2. The first-order valence-corrected chi connectivity index (χ1v) is 9.07. The van der Waals surface area contributed by atoms with Gasteiger partial charge in [-0.2, -0.15) is 4.98 Å². The van der Waals surface area contributed by atoms with Crippen LogP contribution in [0.1, 0.15) is 16.1 Å². The van der Waals surface area contributed by atoms with Gasteiger partial charge in [-0.15, -0.1) is 0 Å². The third-order valence-corrected chi connectivity index (χ3v) is 3.53. The van der Waals surface area contributed by atoms with Crippen molar-refractivity contribution in [2.75, 3.05) is 25.3 Å². The molecule has 0 aliphatic carbocycles. The molecule has 0 unspecified atom stereocenters. The molecule has 140 valence electrons. The van der Waals surface area contributed by atoms with Crippen LogP contribution in [0, 0.1) is 18.6 Å². The molecule has 2 aromatic rings. The van der Waals surface area contributed by atoms with Gasteiger partial charge in [-0.25, -0.2) is 26.9 Å². The first kappa shape index (κ1) is 19.5. The molecule has 0 bridgehead atoms. The van der Waals surface area contributed by atoms with Crippen molar-refractivity contribution >= 4 is 21.9 Å². The Morgan fingerprint density at radius 1 is 1.15 bits per heavy atom. The number of nitrogens with zero attached hydrogens (tertiary/aromatic N) is 3. The number of rotatable bonds is 5. The van der Waals surface area contributed by atoms with Crippen LogP contribution in [0.2, 0.25) is 0 Å². The quantitative estimate of drug-likeness (QED) is 0.833. The van der Waals surface area contributed by atoms with E-state index < -0.39 is 38.9 Å². The summed E-state index contributed by atoms with van der Waals surface area (Å²) < 4.78 is 57.2. The second-order valence-corrected chi connectivity index (χ2v) is 7.36. The van der Waals surface area contributed by atoms with Crippen molar-refractivity contribution < 1.29 is 26.7 Å². The zero-order valence-electron chi connectivity index (χ0n) is 14.4. The SMILES string of the molecule is Cc1cc(Oc2cc(F)c(C(=O)NS(C)(=O)=O)cc2F)nc(N(C)C)n1. The molecular formula is C15H16F2N4O4S. The average Bonchev–Trinajstić information content (AvgIpc) is 2.48. The van der Waals surface area contributed by atoms with Crippen molar-refractivity contribution in [1.29, 1.82) is 0 Å². The van der Waals surface area contributed by atoms with Crippen molar-refractivity contribution in [3.8, 4) is 11.6 Å². The summed E-state index contributed by atoms with van der Waals surface area (Å²) in [5.41, 5.74) is -0.225. The molecule has 1 amide bonds. The zero-order chi connectivity index (χ0) is 19.6. The highest BCUT2D eigenvalue weighted by atomic mass is 32.2. The Balaban J connectivity index is 2.35. The van der Waals surface area contributed by atoms with Crippen LogP contribution in [-0.4, -0.2) is 44.6 Å². The summed E-state index contributed by atoms with van der Waals surface area (Å²) in [5.74, 6) is -3.73. The number of halogens is 2. The van der Waals surface area contributed by atoms with Gasteiger partial charge in [-0.05, 0) is 13.0 Å². The fourth-order valence-electron chi connectivity index (χ4n) is 1.89. The van der Waals surface area contributed by atoms with Crippen molar-refractivity contribution in [2.45, 2.75) is 6.92 Å². The molecule has 0 saturated heterocycles. The molecule has 0 aliphatic rings. The molecule has 0 radical (unpaired) electrons. The normalized spacial score (nSPS) is 11.2. The Bertz CT molecular complexity index is 964. The number of aromatic nitrogens is 2. The lowest BCUT2D eigenvalue weighted by molar-refractivity contribution is 0.0977. The van der Waals surface area contributed by atoms with Crippen molar-refractivity contribution in [1.82, 2.24) is 14.7 Å². The highest BCUT2D eigenvalue weighted by Crippen LogP contribution is 2.27. The van der Waals surface area contributed by atoms with Crippen LogP contribution in [0.25, 0.3) is 0 Å². The van der Waals surface area contributed by atoms with E-state index in [4.69, 9.17) is 4.74 Å². The minimum Gasteiger partial charge on any atom is -0.436 e. The maximum Gasteiger partial charge on any atom is 0.267 e. The van der Waals surface area contributed by atoms with E-state index in [2.05, 4.69) is 9.97 Å². The standard InChI is InChI=1S/C15H16F2N4O4S/c1-8-5-13(19-15(18-8)21(2)3)25-12-7-10(16)9(6-11(12)17)14(22)20-26(4,23)24/h5-7H,1-4H3,(H,20,22). The van der Waals surface area contributed by atoms with E-state index in [-0.39, 0.29) is 5.88 Å². The van der Waals surface area contributed by atoms with Gasteiger partial charge in [-0.3, -0.25) is 4.79 Å². The third kappa shape index (κ3) is 4.85. The lowest BCUT2D eigenvalue weighted by atomic mass is 10.2. The number of benzene rings is 1. The summed E-state index contributed by atoms with van der Waals surface area (Å²) >= 11 is 0. The van der Waals surface area contributed by atoms with Gasteiger partial charge in [0.05, 0.1) is 11.8 Å². The second kappa shape index (κ2) is 7.20. The van der Waals surface area contributed by atoms with Gasteiger partial charge < -0.3 is 9.64 Å². The maximum absolute atomic E-state index is 14.2. The number of hydrogen-bond donors (Lipinski definition) is 1. The largest absolute Gasteiger partial charge is 0.436 e. The van der Waals surface area contributed by atoms with E-state index in [0.717, 1.165) is 6.26 Å². The predicted molar refractivity (Wildman–Crippen MR) is 89.8 cm³/mol. The van der Waals surface area contributed by atoms with Gasteiger partial charge in [0.15, 0.2) is 11.6 Å². The molecule has 0 aliphatic heterocycles. The van der Waals surface area contributed by atoms with Gasteiger partial charge in [0.2, 0.25) is 21.9 Å². The second-order valence-electron chi connectivity index (χ2n) is 5.61. The number of anilines is 1. The molecule has 26 heavy (non-hydrogen) atoms. The summed E-state index contributed by atoms with van der Waals surface area (Å²) in [5, 5.41) is 0. The summed E-state index contributed by atoms with van der Waals surface area (Å²) in [6.45, 7) is 1.68. The first-order chi connectivity index (χ1) is 12.0. The van der Waals surface area contributed by atoms with E-state index >= 15 is 0 Å². The predicted octanol–water partition coefficient (Wildman–Crippen LogP) is 1.61. The minimum atomic E-state index is -3.92. The van der Waals surface area contributed by atoms with E-state index in [1.54, 1.807) is 30.6 Å². The average molecular weight is 386 g/mol. The fourth-order valence-corrected chi connectivity index (χ4v) is 2.34. The molecule has 0 atom stereocenters. The minimum absolute atomic E-state index is 0.0205. The van der Waals surface area contributed by atoms with E-state index in [1.165, 1.54) is 6.07 Å². The number of nitrogens with one attached hydrogen (secondary N) is 1. The van der Waals surface area contributed by atoms with Crippen LogP contribution in [-0.2, 0) is 10.0 Å². The Morgan fingerprint density at radius 2 is 1.81 bits per heavy atom. The van der Waals surface area contributed by atoms with Crippen molar-refractivity contribution in [3.05, 3.63) is 41.1 Å². The number of hydrogen-bond acceptors (Lipinski definition) is 7. The van der Waals surface area contributed by atoms with Crippen LogP contribution in [0.4, 0.5) is 14.7 Å². The van der Waals surface area contributed by atoms with E-state index in [1.807, 2.05) is 0 Å². The number of amides is 1. The summed E-state index contributed by atoms with van der Waals surface area (Å²) in [7, 11) is -0.514. The van der Waals surface area contributed by atoms with Gasteiger partial charge in [-0.1, -0.05) is 0 Å². The number of ether oxygens (including phenoxy) is 1. The van der Waals surface area contributed by atoms with Crippen LogP contribution < -0.4 is 14.4 Å². The van der Waals surface area contributed by atoms with Gasteiger partial charge >= 0.3 is 0 Å². The van der Waals surface area contributed by atoms with Crippen molar-refractivity contribution in [2.24, 2.45) is 0 Å². The molecule has 1 aromatic heterocycles. The number of aryl methyl sites for hydroxylation is 1. The first-order valence-electron chi connectivity index (χ1n) is 7.18. The molecule has 11 heteroatoms. The number of sulfonamides is 1. The smallest absolute Gasteiger partial charge is 0.267 e. The molecule has 1 heterocycles. The molecular weight excluding hydrogens is 370 g/mol. The molecule has 0 saturated carbocycles. The van der Waals surface area contributed by atoms with E-state index in [9.17, 15) is 22.0 Å². The van der Waals surface area contributed by atoms with Crippen LogP contribution in [0.5, 0.6) is 11.6 Å². The Kier molecular flexibility index (Phi) is 5.40. The van der Waals surface area contributed by atoms with Crippen LogP contribution >= 0.6 is 0 Å². The monoisotopic (exact) mass is 386 g/mol. The molecule has 1 N–H and O–H groups in total. The summed E-state index contributed by atoms with van der Waals surface area (Å²) in [6.07, 6.45) is 0.719. The summed E-state index contributed by atoms with van der Waals surface area (Å²) in [6, 6.07) is 2.61. The molecule has 2 rings (SSSR count). The summed E-state index contributed by atoms with van der Waals surface area (Å²) in [4.78, 5) is 21.5. The molecule has 0 spiro atoms. The number of carbonyl (C=O) groups is 1. The van der Waals surface area contributed by atoms with Crippen LogP contribution in [0.3, 0.4) is 0 Å². The topological polar surface area (TPSA) is 101 Å². The van der Waals surface area contributed by atoms with Gasteiger partial charge in [0.1, 0.15) is 5.82 Å².